The van der Waals surface area contributed by atoms with E-state index in [2.05, 4.69) is 0 Å². The van der Waals surface area contributed by atoms with Gasteiger partial charge in [-0.15, -0.1) is 0 Å². The van der Waals surface area contributed by atoms with Crippen LogP contribution in [0.2, 0.25) is 0 Å². The summed E-state index contributed by atoms with van der Waals surface area (Å²) in [5, 5.41) is 9.44. The fourth-order valence-electron chi connectivity index (χ4n) is 2.32. The van der Waals surface area contributed by atoms with E-state index in [1.54, 1.807) is 6.07 Å². The van der Waals surface area contributed by atoms with Crippen molar-refractivity contribution in [2.75, 3.05) is 0 Å². The maximum Gasteiger partial charge on any atom is 0.340 e. The average molecular weight is 224 g/mol. The normalized spacial score (nSPS) is 24.4. The molecule has 88 valence electrons. The van der Waals surface area contributed by atoms with Gasteiger partial charge in [-0.25, -0.2) is 4.79 Å². The van der Waals surface area contributed by atoms with E-state index >= 15 is 0 Å². The minimum absolute atomic E-state index is 0.128. The third-order valence-electron chi connectivity index (χ3n) is 2.90. The van der Waals surface area contributed by atoms with Crippen LogP contribution in [0.25, 0.3) is 0 Å². The van der Waals surface area contributed by atoms with Gasteiger partial charge in [-0.2, -0.15) is 0 Å². The molecule has 1 aromatic heterocycles. The maximum atomic E-state index is 11.5. The summed E-state index contributed by atoms with van der Waals surface area (Å²) < 4.78 is 11.0. The molecule has 0 spiro atoms. The average Bonchev–Trinajstić information content (AvgIpc) is 2.65. The Balaban J connectivity index is 2.45. The van der Waals surface area contributed by atoms with Crippen molar-refractivity contribution in [2.24, 2.45) is 0 Å². The zero-order chi connectivity index (χ0) is 11.8. The number of carboxylic acids is 1. The second-order valence-corrected chi connectivity index (χ2v) is 4.41. The Bertz CT molecular complexity index is 393. The lowest BCUT2D eigenvalue weighted by Gasteiger charge is -2.34. The first kappa shape index (κ1) is 11.2. The summed E-state index contributed by atoms with van der Waals surface area (Å²) in [7, 11) is 0. The zero-order valence-corrected chi connectivity index (χ0v) is 9.53. The molecule has 1 aromatic rings. The first-order valence-corrected chi connectivity index (χ1v) is 5.54. The summed E-state index contributed by atoms with van der Waals surface area (Å²) in [6, 6.07) is 1.71. The van der Waals surface area contributed by atoms with Gasteiger partial charge in [0, 0.05) is 12.0 Å². The van der Waals surface area contributed by atoms with E-state index in [0.29, 0.717) is 12.0 Å². The number of carbonyl (C=O) groups is 1. The molecule has 0 radical (unpaired) electrons. The smallest absolute Gasteiger partial charge is 0.340 e. The number of hydrogen-bond acceptors (Lipinski definition) is 3. The predicted octanol–water partition coefficient (Wildman–Crippen LogP) is 2.32. The van der Waals surface area contributed by atoms with Crippen LogP contribution in [0.15, 0.2) is 16.7 Å². The molecule has 4 nitrogen and oxygen atoms in total. The van der Waals surface area contributed by atoms with E-state index in [4.69, 9.17) is 9.15 Å². The van der Waals surface area contributed by atoms with Gasteiger partial charge in [0.1, 0.15) is 5.76 Å². The summed E-state index contributed by atoms with van der Waals surface area (Å²) in [6.45, 7) is 3.69. The van der Waals surface area contributed by atoms with E-state index < -0.39 is 11.6 Å². The van der Waals surface area contributed by atoms with Crippen LogP contribution in [-0.2, 0) is 21.6 Å². The van der Waals surface area contributed by atoms with Crippen LogP contribution in [-0.4, -0.2) is 17.2 Å². The van der Waals surface area contributed by atoms with Crippen molar-refractivity contribution >= 4 is 5.97 Å². The molecule has 1 atom stereocenters. The highest BCUT2D eigenvalue weighted by Gasteiger charge is 2.46. The standard InChI is InChI=1S/C12H16O4/c1-8(2)16-12(11(13)14)6-3-4-10-9(12)5-7-15-10/h5,7-8H,3-4,6H2,1-2H3,(H,13,14). The van der Waals surface area contributed by atoms with Crippen LogP contribution in [0.1, 0.15) is 38.0 Å². The predicted molar refractivity (Wildman–Crippen MR) is 57.2 cm³/mol. The van der Waals surface area contributed by atoms with E-state index in [1.165, 1.54) is 6.26 Å². The Hall–Kier alpha value is -1.29. The molecule has 1 unspecified atom stereocenters. The van der Waals surface area contributed by atoms with Gasteiger partial charge < -0.3 is 14.3 Å². The summed E-state index contributed by atoms with van der Waals surface area (Å²) in [5.41, 5.74) is -0.533. The molecule has 0 bridgehead atoms. The number of aliphatic carboxylic acids is 1. The molecular weight excluding hydrogens is 208 g/mol. The molecule has 0 saturated heterocycles. The minimum atomic E-state index is -1.21. The molecule has 1 N–H and O–H groups in total. The molecule has 0 amide bonds. The fraction of sp³-hybridized carbons (Fsp3) is 0.583. The van der Waals surface area contributed by atoms with Gasteiger partial charge in [0.25, 0.3) is 0 Å². The number of rotatable bonds is 3. The zero-order valence-electron chi connectivity index (χ0n) is 9.53. The Kier molecular flexibility index (Phi) is 2.76. The highest BCUT2D eigenvalue weighted by molar-refractivity contribution is 5.80. The molecule has 16 heavy (non-hydrogen) atoms. The topological polar surface area (TPSA) is 59.7 Å². The summed E-state index contributed by atoms with van der Waals surface area (Å²) >= 11 is 0. The summed E-state index contributed by atoms with van der Waals surface area (Å²) in [4.78, 5) is 11.5. The second-order valence-electron chi connectivity index (χ2n) is 4.41. The molecule has 2 rings (SSSR count). The second kappa shape index (κ2) is 3.94. The number of fused-ring (bicyclic) bond motifs is 1. The highest BCUT2D eigenvalue weighted by Crippen LogP contribution is 2.40. The van der Waals surface area contributed by atoms with Crippen LogP contribution >= 0.6 is 0 Å². The van der Waals surface area contributed by atoms with E-state index in [9.17, 15) is 9.90 Å². The molecular formula is C12H16O4. The van der Waals surface area contributed by atoms with Crippen molar-refractivity contribution < 1.29 is 19.1 Å². The Morgan fingerprint density at radius 1 is 1.62 bits per heavy atom. The quantitative estimate of drug-likeness (QED) is 0.855. The van der Waals surface area contributed by atoms with Crippen molar-refractivity contribution in [1.82, 2.24) is 0 Å². The van der Waals surface area contributed by atoms with Crippen molar-refractivity contribution in [3.8, 4) is 0 Å². The fourth-order valence-corrected chi connectivity index (χ4v) is 2.32. The van der Waals surface area contributed by atoms with Crippen molar-refractivity contribution in [3.63, 3.8) is 0 Å². The number of hydrogen-bond donors (Lipinski definition) is 1. The molecule has 1 heterocycles. The third kappa shape index (κ3) is 1.63. The molecule has 1 aliphatic carbocycles. The molecule has 0 aliphatic heterocycles. The SMILES string of the molecule is CC(C)OC1(C(=O)O)CCCc2occc21. The minimum Gasteiger partial charge on any atom is -0.479 e. The summed E-state index contributed by atoms with van der Waals surface area (Å²) in [5.74, 6) is -0.183. The summed E-state index contributed by atoms with van der Waals surface area (Å²) in [6.07, 6.45) is 3.49. The van der Waals surface area contributed by atoms with Crippen molar-refractivity contribution in [3.05, 3.63) is 23.7 Å². The molecule has 1 aliphatic rings. The van der Waals surface area contributed by atoms with Gasteiger partial charge >= 0.3 is 5.97 Å². The van der Waals surface area contributed by atoms with Gasteiger partial charge in [0.15, 0.2) is 5.60 Å². The van der Waals surface area contributed by atoms with Gasteiger partial charge in [-0.05, 0) is 32.8 Å². The van der Waals surface area contributed by atoms with Gasteiger partial charge in [-0.3, -0.25) is 0 Å². The third-order valence-corrected chi connectivity index (χ3v) is 2.90. The number of aryl methyl sites for hydroxylation is 1. The Labute approximate surface area is 94.2 Å². The lowest BCUT2D eigenvalue weighted by Crippen LogP contribution is -2.43. The van der Waals surface area contributed by atoms with E-state index in [-0.39, 0.29) is 6.10 Å². The number of furan rings is 1. The van der Waals surface area contributed by atoms with Crippen LogP contribution in [0, 0.1) is 0 Å². The molecule has 0 fully saturated rings. The van der Waals surface area contributed by atoms with Crippen LogP contribution in [0.4, 0.5) is 0 Å². The van der Waals surface area contributed by atoms with Crippen molar-refractivity contribution in [1.29, 1.82) is 0 Å². The van der Waals surface area contributed by atoms with Gasteiger partial charge in [-0.1, -0.05) is 0 Å². The Morgan fingerprint density at radius 3 is 3.00 bits per heavy atom. The van der Waals surface area contributed by atoms with E-state index in [1.807, 2.05) is 13.8 Å². The van der Waals surface area contributed by atoms with E-state index in [0.717, 1.165) is 18.6 Å². The van der Waals surface area contributed by atoms with Crippen LogP contribution in [0.3, 0.4) is 0 Å². The molecule has 0 aromatic carbocycles. The lowest BCUT2D eigenvalue weighted by atomic mass is 9.82. The van der Waals surface area contributed by atoms with Crippen molar-refractivity contribution in [2.45, 2.75) is 44.8 Å². The van der Waals surface area contributed by atoms with Crippen LogP contribution in [0.5, 0.6) is 0 Å². The van der Waals surface area contributed by atoms with Gasteiger partial charge in [0.05, 0.1) is 12.4 Å². The maximum absolute atomic E-state index is 11.5. The van der Waals surface area contributed by atoms with Gasteiger partial charge in [0.2, 0.25) is 0 Å². The number of carboxylic acid groups (broad SMARTS) is 1. The molecule has 0 saturated carbocycles. The first-order valence-electron chi connectivity index (χ1n) is 5.54. The molecule has 4 heteroatoms. The lowest BCUT2D eigenvalue weighted by molar-refractivity contribution is -0.177. The largest absolute Gasteiger partial charge is 0.479 e. The Morgan fingerprint density at radius 2 is 2.38 bits per heavy atom. The number of ether oxygens (including phenoxy) is 1. The monoisotopic (exact) mass is 224 g/mol. The first-order chi connectivity index (χ1) is 7.56. The highest BCUT2D eigenvalue weighted by atomic mass is 16.5. The van der Waals surface area contributed by atoms with Crippen LogP contribution < -0.4 is 0 Å².